The number of hydrogen-bond donors (Lipinski definition) is 0. The minimum atomic E-state index is -0.00196. The van der Waals surface area contributed by atoms with Crippen molar-refractivity contribution in [2.45, 2.75) is 6.92 Å². The molecule has 0 spiro atoms. The molecule has 0 atom stereocenters. The first-order valence-corrected chi connectivity index (χ1v) is 9.14. The number of para-hydroxylation sites is 1. The molecule has 0 bridgehead atoms. The monoisotopic (exact) mass is 369 g/mol. The van der Waals surface area contributed by atoms with Gasteiger partial charge in [-0.1, -0.05) is 30.0 Å². The predicted octanol–water partition coefficient (Wildman–Crippen LogP) is 3.56. The number of methoxy groups -OCH3 is 1. The van der Waals surface area contributed by atoms with Crippen LogP contribution >= 0.6 is 11.8 Å². The smallest absolute Gasteiger partial charge is 0.243 e. The molecule has 0 N–H and O–H groups in total. The van der Waals surface area contributed by atoms with Crippen LogP contribution in [0.1, 0.15) is 12.5 Å². The van der Waals surface area contributed by atoms with Gasteiger partial charge in [0.15, 0.2) is 16.7 Å². The molecule has 1 saturated heterocycles. The highest BCUT2D eigenvalue weighted by Gasteiger charge is 2.29. The molecule has 1 fully saturated rings. The summed E-state index contributed by atoms with van der Waals surface area (Å²) in [6.07, 6.45) is 1.62. The first-order valence-electron chi connectivity index (χ1n) is 8.15. The average molecular weight is 369 g/mol. The molecule has 1 aliphatic rings. The van der Waals surface area contributed by atoms with Gasteiger partial charge in [-0.3, -0.25) is 9.69 Å². The first kappa shape index (κ1) is 18.0. The van der Waals surface area contributed by atoms with Gasteiger partial charge in [0.2, 0.25) is 5.91 Å². The number of thioether (sulfide) groups is 1. The lowest BCUT2D eigenvalue weighted by atomic mass is 10.2. The molecule has 26 heavy (non-hydrogen) atoms. The van der Waals surface area contributed by atoms with E-state index in [1.165, 1.54) is 11.8 Å². The molecule has 0 saturated carbocycles. The highest BCUT2D eigenvalue weighted by molar-refractivity contribution is 8.15. The number of benzene rings is 2. The molecule has 134 valence electrons. The second-order valence-corrected chi connectivity index (χ2v) is 6.27. The van der Waals surface area contributed by atoms with Crippen LogP contribution in [0.5, 0.6) is 11.5 Å². The maximum absolute atomic E-state index is 12.1. The van der Waals surface area contributed by atoms with E-state index in [1.54, 1.807) is 18.2 Å². The van der Waals surface area contributed by atoms with Gasteiger partial charge in [0, 0.05) is 0 Å². The molecule has 3 rings (SSSR count). The Hall–Kier alpha value is -2.80. The van der Waals surface area contributed by atoms with Crippen LogP contribution in [0.2, 0.25) is 0 Å². The van der Waals surface area contributed by atoms with Crippen LogP contribution in [0, 0.1) is 0 Å². The van der Waals surface area contributed by atoms with Crippen molar-refractivity contribution in [1.29, 1.82) is 0 Å². The van der Waals surface area contributed by atoms with Crippen molar-refractivity contribution >= 4 is 34.7 Å². The molecule has 0 aliphatic carbocycles. The van der Waals surface area contributed by atoms with Crippen molar-refractivity contribution < 1.29 is 14.3 Å². The number of carbonyl (C=O) groups excluding carboxylic acids is 1. The van der Waals surface area contributed by atoms with Gasteiger partial charge >= 0.3 is 0 Å². The molecule has 0 unspecified atom stereocenters. The zero-order chi connectivity index (χ0) is 18.4. The van der Waals surface area contributed by atoms with Gasteiger partial charge in [-0.15, -0.1) is 5.10 Å². The summed E-state index contributed by atoms with van der Waals surface area (Å²) < 4.78 is 10.8. The van der Waals surface area contributed by atoms with Gasteiger partial charge in [-0.25, -0.2) is 0 Å². The maximum Gasteiger partial charge on any atom is 0.243 e. The van der Waals surface area contributed by atoms with Gasteiger partial charge in [0.1, 0.15) is 0 Å². The lowest BCUT2D eigenvalue weighted by Gasteiger charge is -2.14. The third-order valence-corrected chi connectivity index (χ3v) is 4.53. The summed E-state index contributed by atoms with van der Waals surface area (Å²) in [5.74, 6) is 1.68. The van der Waals surface area contributed by atoms with Crippen molar-refractivity contribution in [3.63, 3.8) is 0 Å². The van der Waals surface area contributed by atoms with E-state index in [-0.39, 0.29) is 5.91 Å². The fourth-order valence-corrected chi connectivity index (χ4v) is 3.27. The van der Waals surface area contributed by atoms with Gasteiger partial charge in [0.05, 0.1) is 31.4 Å². The van der Waals surface area contributed by atoms with E-state index in [9.17, 15) is 4.79 Å². The minimum Gasteiger partial charge on any atom is -0.493 e. The van der Waals surface area contributed by atoms with E-state index in [2.05, 4.69) is 10.2 Å². The van der Waals surface area contributed by atoms with Gasteiger partial charge in [0.25, 0.3) is 0 Å². The zero-order valence-electron chi connectivity index (χ0n) is 14.6. The zero-order valence-corrected chi connectivity index (χ0v) is 15.4. The van der Waals surface area contributed by atoms with Crippen LogP contribution in [0.25, 0.3) is 0 Å². The average Bonchev–Trinajstić information content (AvgIpc) is 3.04. The fraction of sp³-hybridized carbons (Fsp3) is 0.211. The van der Waals surface area contributed by atoms with E-state index in [0.29, 0.717) is 29.0 Å². The minimum absolute atomic E-state index is 0.00196. The summed E-state index contributed by atoms with van der Waals surface area (Å²) in [5.41, 5.74) is 1.62. The van der Waals surface area contributed by atoms with Crippen molar-refractivity contribution in [3.05, 3.63) is 54.1 Å². The van der Waals surface area contributed by atoms with Gasteiger partial charge in [-0.2, -0.15) is 5.10 Å². The lowest BCUT2D eigenvalue weighted by molar-refractivity contribution is -0.115. The summed E-state index contributed by atoms with van der Waals surface area (Å²) in [5, 5.41) is 8.92. The Balaban J connectivity index is 1.79. The summed E-state index contributed by atoms with van der Waals surface area (Å²) >= 11 is 1.37. The van der Waals surface area contributed by atoms with E-state index >= 15 is 0 Å². The Kier molecular flexibility index (Phi) is 5.91. The number of anilines is 1. The number of amides is 1. The topological polar surface area (TPSA) is 63.5 Å². The van der Waals surface area contributed by atoms with Crippen molar-refractivity contribution in [2.24, 2.45) is 10.2 Å². The van der Waals surface area contributed by atoms with Crippen LogP contribution in [-0.2, 0) is 4.79 Å². The SMILES string of the molecule is CCOc1ccc(/C=N/N=C2\SCC(=O)N2c2ccccc2)cc1OC. The maximum atomic E-state index is 12.1. The lowest BCUT2D eigenvalue weighted by Crippen LogP contribution is -2.28. The third-order valence-electron chi connectivity index (χ3n) is 3.62. The summed E-state index contributed by atoms with van der Waals surface area (Å²) in [4.78, 5) is 13.7. The van der Waals surface area contributed by atoms with Crippen LogP contribution in [0.3, 0.4) is 0 Å². The highest BCUT2D eigenvalue weighted by atomic mass is 32.2. The number of ether oxygens (including phenoxy) is 2. The molecule has 6 nitrogen and oxygen atoms in total. The number of nitrogens with zero attached hydrogens (tertiary/aromatic N) is 3. The molecule has 2 aromatic carbocycles. The summed E-state index contributed by atoms with van der Waals surface area (Å²) in [6, 6.07) is 15.0. The quantitative estimate of drug-likeness (QED) is 0.577. The normalized spacial score (nSPS) is 15.8. The Morgan fingerprint density at radius 1 is 1.19 bits per heavy atom. The fourth-order valence-electron chi connectivity index (χ4n) is 2.45. The third kappa shape index (κ3) is 4.05. The number of hydrogen-bond acceptors (Lipinski definition) is 6. The van der Waals surface area contributed by atoms with Gasteiger partial charge in [-0.05, 0) is 42.8 Å². The van der Waals surface area contributed by atoms with Crippen LogP contribution in [-0.4, -0.2) is 36.8 Å². The second-order valence-electron chi connectivity index (χ2n) is 5.32. The molecule has 0 aromatic heterocycles. The molecule has 0 radical (unpaired) electrons. The molecule has 1 amide bonds. The Morgan fingerprint density at radius 2 is 2.00 bits per heavy atom. The van der Waals surface area contributed by atoms with Crippen LogP contribution < -0.4 is 14.4 Å². The molecule has 2 aromatic rings. The summed E-state index contributed by atoms with van der Waals surface area (Å²) in [7, 11) is 1.59. The van der Waals surface area contributed by atoms with Crippen LogP contribution in [0.15, 0.2) is 58.7 Å². The van der Waals surface area contributed by atoms with Crippen molar-refractivity contribution in [1.82, 2.24) is 0 Å². The summed E-state index contributed by atoms with van der Waals surface area (Å²) in [6.45, 7) is 2.49. The first-order chi connectivity index (χ1) is 12.7. The number of rotatable bonds is 6. The van der Waals surface area contributed by atoms with Crippen molar-refractivity contribution in [3.8, 4) is 11.5 Å². The number of carbonyl (C=O) groups is 1. The predicted molar refractivity (Wildman–Crippen MR) is 106 cm³/mol. The van der Waals surface area contributed by atoms with Crippen LogP contribution in [0.4, 0.5) is 5.69 Å². The Labute approximate surface area is 156 Å². The molecule has 1 aliphatic heterocycles. The van der Waals surface area contributed by atoms with E-state index < -0.39 is 0 Å². The molecular weight excluding hydrogens is 350 g/mol. The Morgan fingerprint density at radius 3 is 2.73 bits per heavy atom. The largest absolute Gasteiger partial charge is 0.493 e. The van der Waals surface area contributed by atoms with Crippen molar-refractivity contribution in [2.75, 3.05) is 24.4 Å². The second kappa shape index (κ2) is 8.53. The molecular formula is C19H19N3O3S. The standard InChI is InChI=1S/C19H19N3O3S/c1-3-25-16-10-9-14(11-17(16)24-2)12-20-21-19-22(18(23)13-26-19)15-7-5-4-6-8-15/h4-12H,3,13H2,1-2H3/b20-12+,21-19-. The highest BCUT2D eigenvalue weighted by Crippen LogP contribution is 2.28. The molecule has 1 heterocycles. The van der Waals surface area contributed by atoms with E-state index in [0.717, 1.165) is 11.3 Å². The Bertz CT molecular complexity index is 837. The van der Waals surface area contributed by atoms with Gasteiger partial charge < -0.3 is 9.47 Å². The molecule has 7 heteroatoms. The number of amidine groups is 1. The van der Waals surface area contributed by atoms with E-state index in [4.69, 9.17) is 9.47 Å². The van der Waals surface area contributed by atoms with E-state index in [1.807, 2.05) is 55.5 Å².